The fraction of sp³-hybridized carbons (Fsp3) is 0.455. The molecular weight excluding hydrogens is 176 g/mol. The molecule has 0 aliphatic carbocycles. The standard InChI is InChI=1S/C11H14N2O/c14-10-3-1-2-8-6-9-7-12-4-5-13(9)11(8)10/h1-3,9,12,14H,4-7H2. The lowest BCUT2D eigenvalue weighted by molar-refractivity contribution is 0.462. The third-order valence-electron chi connectivity index (χ3n) is 3.19. The van der Waals surface area contributed by atoms with Crippen LogP contribution < -0.4 is 10.2 Å². The predicted octanol–water partition coefficient (Wildman–Crippen LogP) is 0.726. The van der Waals surface area contributed by atoms with Crippen molar-refractivity contribution in [3.63, 3.8) is 0 Å². The van der Waals surface area contributed by atoms with Crippen LogP contribution in [0.25, 0.3) is 0 Å². The van der Waals surface area contributed by atoms with E-state index < -0.39 is 0 Å². The van der Waals surface area contributed by atoms with Crippen LogP contribution in [0.2, 0.25) is 0 Å². The Labute approximate surface area is 83.3 Å². The molecule has 0 bridgehead atoms. The van der Waals surface area contributed by atoms with Crippen molar-refractivity contribution in [2.45, 2.75) is 12.5 Å². The molecule has 2 aliphatic heterocycles. The number of nitrogens with one attached hydrogen (secondary N) is 1. The SMILES string of the molecule is Oc1cccc2c1N1CCNCC1C2. The van der Waals surface area contributed by atoms with Crippen molar-refractivity contribution in [3.8, 4) is 5.75 Å². The molecule has 0 aromatic heterocycles. The summed E-state index contributed by atoms with van der Waals surface area (Å²) in [6, 6.07) is 6.38. The van der Waals surface area contributed by atoms with Crippen molar-refractivity contribution in [3.05, 3.63) is 23.8 Å². The van der Waals surface area contributed by atoms with Gasteiger partial charge in [0, 0.05) is 25.7 Å². The van der Waals surface area contributed by atoms with E-state index in [9.17, 15) is 5.11 Å². The van der Waals surface area contributed by atoms with E-state index in [1.807, 2.05) is 6.07 Å². The van der Waals surface area contributed by atoms with Crippen LogP contribution in [0.4, 0.5) is 5.69 Å². The summed E-state index contributed by atoms with van der Waals surface area (Å²) >= 11 is 0. The van der Waals surface area contributed by atoms with Gasteiger partial charge in [0.15, 0.2) is 0 Å². The number of piperazine rings is 1. The predicted molar refractivity (Wildman–Crippen MR) is 55.8 cm³/mol. The summed E-state index contributed by atoms with van der Waals surface area (Å²) in [5.41, 5.74) is 2.36. The monoisotopic (exact) mass is 190 g/mol. The number of phenols is 1. The molecule has 2 heterocycles. The van der Waals surface area contributed by atoms with E-state index in [4.69, 9.17) is 0 Å². The second-order valence-corrected chi connectivity index (χ2v) is 4.04. The number of fused-ring (bicyclic) bond motifs is 3. The largest absolute Gasteiger partial charge is 0.506 e. The van der Waals surface area contributed by atoms with Gasteiger partial charge in [0.25, 0.3) is 0 Å². The maximum atomic E-state index is 9.81. The summed E-state index contributed by atoms with van der Waals surface area (Å²) in [4.78, 5) is 2.33. The van der Waals surface area contributed by atoms with Gasteiger partial charge in [-0.25, -0.2) is 0 Å². The Bertz CT molecular complexity index is 364. The molecule has 3 rings (SSSR count). The zero-order chi connectivity index (χ0) is 9.54. The van der Waals surface area contributed by atoms with Crippen molar-refractivity contribution in [1.29, 1.82) is 0 Å². The minimum atomic E-state index is 0.437. The molecular formula is C11H14N2O. The van der Waals surface area contributed by atoms with Gasteiger partial charge in [-0.1, -0.05) is 12.1 Å². The van der Waals surface area contributed by atoms with Gasteiger partial charge in [0.05, 0.1) is 5.69 Å². The number of anilines is 1. The van der Waals surface area contributed by atoms with Crippen LogP contribution in [0, 0.1) is 0 Å². The summed E-state index contributed by atoms with van der Waals surface area (Å²) in [6.45, 7) is 3.06. The van der Waals surface area contributed by atoms with Gasteiger partial charge in [-0.05, 0) is 18.1 Å². The number of phenolic OH excluding ortho intramolecular Hbond substituents is 1. The van der Waals surface area contributed by atoms with E-state index in [0.717, 1.165) is 31.7 Å². The van der Waals surface area contributed by atoms with E-state index in [1.54, 1.807) is 6.07 Å². The second kappa shape index (κ2) is 2.89. The van der Waals surface area contributed by atoms with Crippen LogP contribution in [-0.4, -0.2) is 30.8 Å². The fourth-order valence-electron chi connectivity index (χ4n) is 2.57. The highest BCUT2D eigenvalue weighted by Gasteiger charge is 2.32. The molecule has 3 nitrogen and oxygen atoms in total. The highest BCUT2D eigenvalue weighted by molar-refractivity contribution is 5.68. The number of nitrogens with zero attached hydrogens (tertiary/aromatic N) is 1. The normalized spacial score (nSPS) is 24.6. The topological polar surface area (TPSA) is 35.5 Å². The first kappa shape index (κ1) is 8.12. The molecule has 14 heavy (non-hydrogen) atoms. The van der Waals surface area contributed by atoms with Crippen LogP contribution in [0.1, 0.15) is 5.56 Å². The zero-order valence-corrected chi connectivity index (χ0v) is 8.03. The number of hydrogen-bond acceptors (Lipinski definition) is 3. The quantitative estimate of drug-likeness (QED) is 0.633. The van der Waals surface area contributed by atoms with Crippen LogP contribution in [0.5, 0.6) is 5.75 Å². The van der Waals surface area contributed by atoms with Crippen molar-refractivity contribution in [1.82, 2.24) is 5.32 Å². The van der Waals surface area contributed by atoms with Crippen molar-refractivity contribution in [2.75, 3.05) is 24.5 Å². The van der Waals surface area contributed by atoms with E-state index in [0.29, 0.717) is 11.8 Å². The molecule has 1 saturated heterocycles. The lowest BCUT2D eigenvalue weighted by Crippen LogP contribution is -2.49. The Balaban J connectivity index is 2.06. The van der Waals surface area contributed by atoms with E-state index >= 15 is 0 Å². The molecule has 2 N–H and O–H groups in total. The van der Waals surface area contributed by atoms with Crippen LogP contribution in [0.3, 0.4) is 0 Å². The molecule has 1 unspecified atom stereocenters. The summed E-state index contributed by atoms with van der Waals surface area (Å²) in [5, 5.41) is 13.2. The maximum Gasteiger partial charge on any atom is 0.139 e. The summed E-state index contributed by atoms with van der Waals surface area (Å²) < 4.78 is 0. The highest BCUT2D eigenvalue weighted by atomic mass is 16.3. The maximum absolute atomic E-state index is 9.81. The lowest BCUT2D eigenvalue weighted by Gasteiger charge is -2.32. The highest BCUT2D eigenvalue weighted by Crippen LogP contribution is 2.39. The van der Waals surface area contributed by atoms with Crippen LogP contribution in [-0.2, 0) is 6.42 Å². The van der Waals surface area contributed by atoms with Crippen molar-refractivity contribution < 1.29 is 5.11 Å². The Morgan fingerprint density at radius 1 is 1.43 bits per heavy atom. The molecule has 0 amide bonds. The minimum Gasteiger partial charge on any atom is -0.506 e. The molecule has 0 spiro atoms. The molecule has 3 heteroatoms. The first-order valence-corrected chi connectivity index (χ1v) is 5.14. The number of rotatable bonds is 0. The van der Waals surface area contributed by atoms with Gasteiger partial charge in [-0.3, -0.25) is 0 Å². The number of para-hydroxylation sites is 1. The number of hydrogen-bond donors (Lipinski definition) is 2. The Kier molecular flexibility index (Phi) is 1.67. The lowest BCUT2D eigenvalue weighted by atomic mass is 10.1. The second-order valence-electron chi connectivity index (χ2n) is 4.04. The first-order chi connectivity index (χ1) is 6.86. The average molecular weight is 190 g/mol. The molecule has 1 aromatic rings. The molecule has 1 atom stereocenters. The van der Waals surface area contributed by atoms with Crippen LogP contribution >= 0.6 is 0 Å². The van der Waals surface area contributed by atoms with Gasteiger partial charge in [-0.2, -0.15) is 0 Å². The minimum absolute atomic E-state index is 0.437. The molecule has 0 saturated carbocycles. The first-order valence-electron chi connectivity index (χ1n) is 5.14. The van der Waals surface area contributed by atoms with E-state index in [1.165, 1.54) is 5.56 Å². The molecule has 1 fully saturated rings. The number of aromatic hydroxyl groups is 1. The van der Waals surface area contributed by atoms with Gasteiger partial charge < -0.3 is 15.3 Å². The van der Waals surface area contributed by atoms with Gasteiger partial charge >= 0.3 is 0 Å². The average Bonchev–Trinajstić information content (AvgIpc) is 2.57. The summed E-state index contributed by atoms with van der Waals surface area (Å²) in [5.74, 6) is 0.437. The Hall–Kier alpha value is -1.22. The molecule has 2 aliphatic rings. The molecule has 1 aromatic carbocycles. The van der Waals surface area contributed by atoms with Crippen molar-refractivity contribution in [2.24, 2.45) is 0 Å². The zero-order valence-electron chi connectivity index (χ0n) is 8.03. The van der Waals surface area contributed by atoms with Gasteiger partial charge in [-0.15, -0.1) is 0 Å². The molecule has 0 radical (unpaired) electrons. The van der Waals surface area contributed by atoms with E-state index in [-0.39, 0.29) is 0 Å². The van der Waals surface area contributed by atoms with Gasteiger partial charge in [0.1, 0.15) is 5.75 Å². The number of benzene rings is 1. The summed E-state index contributed by atoms with van der Waals surface area (Å²) in [7, 11) is 0. The van der Waals surface area contributed by atoms with Crippen molar-refractivity contribution >= 4 is 5.69 Å². The Morgan fingerprint density at radius 3 is 3.29 bits per heavy atom. The smallest absolute Gasteiger partial charge is 0.139 e. The third-order valence-corrected chi connectivity index (χ3v) is 3.19. The third kappa shape index (κ3) is 1.02. The van der Waals surface area contributed by atoms with Crippen LogP contribution in [0.15, 0.2) is 18.2 Å². The fourth-order valence-corrected chi connectivity index (χ4v) is 2.57. The summed E-state index contributed by atoms with van der Waals surface area (Å²) in [6.07, 6.45) is 1.07. The molecule has 74 valence electrons. The Morgan fingerprint density at radius 2 is 2.36 bits per heavy atom. The van der Waals surface area contributed by atoms with E-state index in [2.05, 4.69) is 16.3 Å². The van der Waals surface area contributed by atoms with Gasteiger partial charge in [0.2, 0.25) is 0 Å².